The SMILES string of the molecule is CC(C)(C)OC(=O)N1CCC(S(N)=O)C1. The Morgan fingerprint density at radius 3 is 2.53 bits per heavy atom. The third-order valence-electron chi connectivity index (χ3n) is 2.13. The molecule has 88 valence electrons. The molecule has 0 aromatic carbocycles. The van der Waals surface area contributed by atoms with Crippen LogP contribution in [0.1, 0.15) is 27.2 Å². The number of hydrogen-bond donors (Lipinski definition) is 1. The minimum absolute atomic E-state index is 0.113. The summed E-state index contributed by atoms with van der Waals surface area (Å²) >= 11 is 0. The van der Waals surface area contributed by atoms with Crippen LogP contribution in [0, 0.1) is 0 Å². The average Bonchev–Trinajstić information content (AvgIpc) is 2.47. The van der Waals surface area contributed by atoms with Gasteiger partial charge in [-0.1, -0.05) is 0 Å². The van der Waals surface area contributed by atoms with Crippen LogP contribution in [0.5, 0.6) is 0 Å². The number of nitrogens with two attached hydrogens (primary N) is 1. The van der Waals surface area contributed by atoms with Gasteiger partial charge in [0.2, 0.25) is 0 Å². The van der Waals surface area contributed by atoms with E-state index in [0.29, 0.717) is 19.5 Å². The molecule has 1 rings (SSSR count). The van der Waals surface area contributed by atoms with E-state index in [1.54, 1.807) is 4.90 Å². The molecule has 1 heterocycles. The molecule has 2 N–H and O–H groups in total. The van der Waals surface area contributed by atoms with Gasteiger partial charge in [0.15, 0.2) is 0 Å². The molecule has 0 bridgehead atoms. The van der Waals surface area contributed by atoms with Crippen molar-refractivity contribution < 1.29 is 13.7 Å². The van der Waals surface area contributed by atoms with Gasteiger partial charge in [-0.05, 0) is 27.2 Å². The van der Waals surface area contributed by atoms with Crippen molar-refractivity contribution in [3.63, 3.8) is 0 Å². The summed E-state index contributed by atoms with van der Waals surface area (Å²) in [4.78, 5) is 13.1. The molecule has 5 nitrogen and oxygen atoms in total. The fraction of sp³-hybridized carbons (Fsp3) is 0.889. The zero-order valence-electron chi connectivity index (χ0n) is 9.36. The minimum Gasteiger partial charge on any atom is -0.444 e. The summed E-state index contributed by atoms with van der Waals surface area (Å²) in [7, 11) is -1.35. The average molecular weight is 234 g/mol. The highest BCUT2D eigenvalue weighted by atomic mass is 32.2. The maximum absolute atomic E-state index is 11.6. The van der Waals surface area contributed by atoms with Crippen LogP contribution in [-0.2, 0) is 15.7 Å². The molecule has 1 fully saturated rings. The van der Waals surface area contributed by atoms with Gasteiger partial charge in [-0.25, -0.2) is 9.00 Å². The van der Waals surface area contributed by atoms with Gasteiger partial charge >= 0.3 is 6.09 Å². The third kappa shape index (κ3) is 3.79. The molecule has 0 spiro atoms. The van der Waals surface area contributed by atoms with Crippen LogP contribution in [0.2, 0.25) is 0 Å². The fourth-order valence-electron chi connectivity index (χ4n) is 1.41. The van der Waals surface area contributed by atoms with Crippen molar-refractivity contribution in [2.75, 3.05) is 13.1 Å². The Labute approximate surface area is 92.5 Å². The number of carbonyl (C=O) groups excluding carboxylic acids is 1. The van der Waals surface area contributed by atoms with Gasteiger partial charge in [0.1, 0.15) is 5.60 Å². The van der Waals surface area contributed by atoms with Crippen molar-refractivity contribution >= 4 is 17.1 Å². The Morgan fingerprint density at radius 2 is 2.13 bits per heavy atom. The van der Waals surface area contributed by atoms with E-state index in [9.17, 15) is 9.00 Å². The van der Waals surface area contributed by atoms with Gasteiger partial charge in [-0.2, -0.15) is 0 Å². The Bertz CT molecular complexity index is 275. The lowest BCUT2D eigenvalue weighted by Gasteiger charge is -2.24. The van der Waals surface area contributed by atoms with E-state index in [-0.39, 0.29) is 11.3 Å². The van der Waals surface area contributed by atoms with Gasteiger partial charge in [-0.15, -0.1) is 0 Å². The lowest BCUT2D eigenvalue weighted by atomic mass is 10.2. The molecule has 1 aliphatic heterocycles. The number of likely N-dealkylation sites (tertiary alicyclic amines) is 1. The largest absolute Gasteiger partial charge is 0.444 e. The highest BCUT2D eigenvalue weighted by Crippen LogP contribution is 2.17. The molecule has 0 radical (unpaired) electrons. The zero-order valence-corrected chi connectivity index (χ0v) is 10.2. The van der Waals surface area contributed by atoms with Crippen molar-refractivity contribution in [3.8, 4) is 0 Å². The summed E-state index contributed by atoms with van der Waals surface area (Å²) in [6, 6.07) is 0. The van der Waals surface area contributed by atoms with Crippen LogP contribution in [0.25, 0.3) is 0 Å². The first-order valence-corrected chi connectivity index (χ1v) is 6.20. The second kappa shape index (κ2) is 4.49. The topological polar surface area (TPSA) is 72.6 Å². The van der Waals surface area contributed by atoms with Gasteiger partial charge in [-0.3, -0.25) is 5.14 Å². The quantitative estimate of drug-likeness (QED) is 0.722. The highest BCUT2D eigenvalue weighted by molar-refractivity contribution is 7.83. The summed E-state index contributed by atoms with van der Waals surface area (Å²) in [5.74, 6) is 0. The number of rotatable bonds is 1. The molecule has 0 aliphatic carbocycles. The van der Waals surface area contributed by atoms with Crippen molar-refractivity contribution in [2.45, 2.75) is 38.0 Å². The monoisotopic (exact) mass is 234 g/mol. The molecule has 0 aromatic rings. The molecule has 2 atom stereocenters. The minimum atomic E-state index is -1.35. The summed E-state index contributed by atoms with van der Waals surface area (Å²) < 4.78 is 16.2. The second-order valence-corrected chi connectivity index (χ2v) is 5.99. The molecule has 6 heteroatoms. The van der Waals surface area contributed by atoms with Crippen LogP contribution in [0.3, 0.4) is 0 Å². The molecule has 0 saturated carbocycles. The molecular weight excluding hydrogens is 216 g/mol. The van der Waals surface area contributed by atoms with Crippen LogP contribution in [0.4, 0.5) is 4.79 Å². The maximum atomic E-state index is 11.6. The Hall–Kier alpha value is -0.620. The number of nitrogens with zero attached hydrogens (tertiary/aromatic N) is 1. The molecule has 1 saturated heterocycles. The first-order chi connectivity index (χ1) is 6.79. The van der Waals surface area contributed by atoms with Crippen molar-refractivity contribution in [2.24, 2.45) is 5.14 Å². The van der Waals surface area contributed by atoms with Gasteiger partial charge in [0.05, 0.1) is 16.2 Å². The second-order valence-electron chi connectivity index (χ2n) is 4.67. The predicted molar refractivity (Wildman–Crippen MR) is 58.5 cm³/mol. The normalized spacial score (nSPS) is 24.0. The van der Waals surface area contributed by atoms with Gasteiger partial charge in [0, 0.05) is 13.1 Å². The zero-order chi connectivity index (χ0) is 11.6. The van der Waals surface area contributed by atoms with E-state index >= 15 is 0 Å². The molecule has 1 amide bonds. The van der Waals surface area contributed by atoms with E-state index in [2.05, 4.69) is 0 Å². The van der Waals surface area contributed by atoms with E-state index < -0.39 is 16.6 Å². The number of hydrogen-bond acceptors (Lipinski definition) is 3. The number of amides is 1. The summed E-state index contributed by atoms with van der Waals surface area (Å²) in [6.45, 7) is 6.46. The molecule has 1 aliphatic rings. The van der Waals surface area contributed by atoms with E-state index in [1.807, 2.05) is 20.8 Å². The smallest absolute Gasteiger partial charge is 0.410 e. The third-order valence-corrected chi connectivity index (χ3v) is 3.17. The number of ether oxygens (including phenoxy) is 1. The van der Waals surface area contributed by atoms with Crippen molar-refractivity contribution in [3.05, 3.63) is 0 Å². The van der Waals surface area contributed by atoms with Crippen LogP contribution < -0.4 is 5.14 Å². The summed E-state index contributed by atoms with van der Waals surface area (Å²) in [5.41, 5.74) is -0.489. The highest BCUT2D eigenvalue weighted by Gasteiger charge is 2.31. The summed E-state index contributed by atoms with van der Waals surface area (Å²) in [6.07, 6.45) is 0.331. The molecule has 15 heavy (non-hydrogen) atoms. The van der Waals surface area contributed by atoms with Crippen molar-refractivity contribution in [1.82, 2.24) is 4.90 Å². The lowest BCUT2D eigenvalue weighted by molar-refractivity contribution is 0.0295. The fourth-order valence-corrected chi connectivity index (χ4v) is 2.07. The van der Waals surface area contributed by atoms with E-state index in [1.165, 1.54) is 0 Å². The van der Waals surface area contributed by atoms with Crippen molar-refractivity contribution in [1.29, 1.82) is 0 Å². The summed E-state index contributed by atoms with van der Waals surface area (Å²) in [5, 5.41) is 5.17. The van der Waals surface area contributed by atoms with E-state index in [4.69, 9.17) is 9.88 Å². The molecule has 2 unspecified atom stereocenters. The first kappa shape index (κ1) is 12.4. The van der Waals surface area contributed by atoms with Crippen LogP contribution >= 0.6 is 0 Å². The van der Waals surface area contributed by atoms with Gasteiger partial charge < -0.3 is 9.64 Å². The van der Waals surface area contributed by atoms with Crippen LogP contribution in [-0.4, -0.2) is 39.1 Å². The molecule has 0 aromatic heterocycles. The Morgan fingerprint density at radius 1 is 1.53 bits per heavy atom. The standard InChI is InChI=1S/C9H18N2O3S/c1-9(2,3)14-8(12)11-5-4-7(6-11)15(10)13/h7H,4-6,10H2,1-3H3. The first-order valence-electron chi connectivity index (χ1n) is 4.92. The maximum Gasteiger partial charge on any atom is 0.410 e. The Balaban J connectivity index is 2.47. The van der Waals surface area contributed by atoms with Gasteiger partial charge in [0.25, 0.3) is 0 Å². The predicted octanol–water partition coefficient (Wildman–Crippen LogP) is 0.618. The van der Waals surface area contributed by atoms with E-state index in [0.717, 1.165) is 0 Å². The lowest BCUT2D eigenvalue weighted by Crippen LogP contribution is -2.36. The number of carbonyl (C=O) groups is 1. The van der Waals surface area contributed by atoms with Crippen LogP contribution in [0.15, 0.2) is 0 Å². The Kier molecular flexibility index (Phi) is 3.72. The molecular formula is C9H18N2O3S.